The fourth-order valence-electron chi connectivity index (χ4n) is 3.92. The van der Waals surface area contributed by atoms with Gasteiger partial charge in [0.25, 0.3) is 0 Å². The number of methoxy groups -OCH3 is 2. The van der Waals surface area contributed by atoms with Crippen molar-refractivity contribution in [2.24, 2.45) is 0 Å². The molecule has 1 aromatic rings. The Balaban J connectivity index is 1.77. The molecular weight excluding hydrogens is 314 g/mol. The molecule has 2 fully saturated rings. The quantitative estimate of drug-likeness (QED) is 0.840. The minimum absolute atomic E-state index is 0.308. The van der Waals surface area contributed by atoms with Crippen molar-refractivity contribution >= 4 is 11.6 Å². The minimum atomic E-state index is -0.308. The molecule has 0 radical (unpaired) electrons. The van der Waals surface area contributed by atoms with Crippen molar-refractivity contribution in [2.75, 3.05) is 40.5 Å². The van der Waals surface area contributed by atoms with Crippen LogP contribution in [0.1, 0.15) is 31.2 Å². The minimum Gasteiger partial charge on any atom is -0.496 e. The number of hydrogen-bond acceptors (Lipinski definition) is 4. The average Bonchev–Trinajstić information content (AvgIpc) is 2.62. The zero-order chi connectivity index (χ0) is 16.3. The van der Waals surface area contributed by atoms with Crippen LogP contribution in [0.2, 0.25) is 5.02 Å². The first-order chi connectivity index (χ1) is 11.2. The van der Waals surface area contributed by atoms with E-state index in [4.69, 9.17) is 25.8 Å². The highest BCUT2D eigenvalue weighted by atomic mass is 35.5. The number of benzene rings is 1. The van der Waals surface area contributed by atoms with Gasteiger partial charge in [-0.15, -0.1) is 0 Å². The SMILES string of the molecule is COc1ccc(Cl)cc1C1(OC)CCN(C2CCOCC2)CC1. The smallest absolute Gasteiger partial charge is 0.125 e. The fraction of sp³-hybridized carbons (Fsp3) is 0.667. The van der Waals surface area contributed by atoms with Gasteiger partial charge in [0.1, 0.15) is 5.75 Å². The Bertz CT molecular complexity index is 523. The van der Waals surface area contributed by atoms with E-state index in [-0.39, 0.29) is 5.60 Å². The van der Waals surface area contributed by atoms with E-state index in [0.717, 1.165) is 68.3 Å². The monoisotopic (exact) mass is 339 g/mol. The van der Waals surface area contributed by atoms with E-state index in [9.17, 15) is 0 Å². The van der Waals surface area contributed by atoms with Gasteiger partial charge in [0.2, 0.25) is 0 Å². The van der Waals surface area contributed by atoms with Crippen LogP contribution in [0.3, 0.4) is 0 Å². The second-order valence-corrected chi connectivity index (χ2v) is 6.86. The van der Waals surface area contributed by atoms with Gasteiger partial charge in [0.05, 0.1) is 12.7 Å². The molecule has 5 heteroatoms. The highest BCUT2D eigenvalue weighted by Crippen LogP contribution is 2.42. The van der Waals surface area contributed by atoms with E-state index in [1.165, 1.54) is 0 Å². The Hall–Kier alpha value is -0.810. The van der Waals surface area contributed by atoms with Crippen LogP contribution in [-0.4, -0.2) is 51.5 Å². The molecule has 0 aliphatic carbocycles. The molecule has 23 heavy (non-hydrogen) atoms. The van der Waals surface area contributed by atoms with Gasteiger partial charge >= 0.3 is 0 Å². The largest absolute Gasteiger partial charge is 0.496 e. The number of likely N-dealkylation sites (tertiary alicyclic amines) is 1. The Morgan fingerprint density at radius 2 is 1.87 bits per heavy atom. The van der Waals surface area contributed by atoms with Gasteiger partial charge in [-0.25, -0.2) is 0 Å². The summed E-state index contributed by atoms with van der Waals surface area (Å²) in [6.45, 7) is 3.85. The first-order valence-electron chi connectivity index (χ1n) is 8.39. The first kappa shape index (κ1) is 17.0. The zero-order valence-corrected chi connectivity index (χ0v) is 14.8. The van der Waals surface area contributed by atoms with E-state index >= 15 is 0 Å². The second kappa shape index (κ2) is 7.39. The average molecular weight is 340 g/mol. The number of halogens is 1. The van der Waals surface area contributed by atoms with E-state index < -0.39 is 0 Å². The molecular formula is C18H26ClNO3. The first-order valence-corrected chi connectivity index (χ1v) is 8.77. The summed E-state index contributed by atoms with van der Waals surface area (Å²) in [5.74, 6) is 0.857. The molecule has 0 unspecified atom stereocenters. The number of rotatable bonds is 4. The Morgan fingerprint density at radius 1 is 1.17 bits per heavy atom. The number of ether oxygens (including phenoxy) is 3. The summed E-state index contributed by atoms with van der Waals surface area (Å²) in [4.78, 5) is 2.59. The molecule has 2 heterocycles. The van der Waals surface area contributed by atoms with Gasteiger partial charge in [0, 0.05) is 50.0 Å². The van der Waals surface area contributed by atoms with Crippen LogP contribution in [0.25, 0.3) is 0 Å². The van der Waals surface area contributed by atoms with Crippen LogP contribution in [-0.2, 0) is 15.1 Å². The molecule has 2 aliphatic heterocycles. The molecule has 0 spiro atoms. The van der Waals surface area contributed by atoms with Gasteiger partial charge in [-0.05, 0) is 43.9 Å². The van der Waals surface area contributed by atoms with Crippen LogP contribution in [0, 0.1) is 0 Å². The molecule has 4 nitrogen and oxygen atoms in total. The normalized spacial score (nSPS) is 22.9. The molecule has 3 rings (SSSR count). The lowest BCUT2D eigenvalue weighted by Gasteiger charge is -2.45. The molecule has 0 saturated carbocycles. The van der Waals surface area contributed by atoms with Crippen LogP contribution in [0.5, 0.6) is 5.75 Å². The van der Waals surface area contributed by atoms with Crippen molar-refractivity contribution in [1.29, 1.82) is 0 Å². The number of hydrogen-bond donors (Lipinski definition) is 0. The standard InChI is InChI=1S/C18H26ClNO3/c1-21-17-4-3-14(19)13-16(17)18(22-2)7-9-20(10-8-18)15-5-11-23-12-6-15/h3-4,13,15H,5-12H2,1-2H3. The van der Waals surface area contributed by atoms with Crippen LogP contribution < -0.4 is 4.74 Å². The Morgan fingerprint density at radius 3 is 2.48 bits per heavy atom. The third kappa shape index (κ3) is 3.50. The predicted octanol–water partition coefficient (Wildman–Crippen LogP) is 3.47. The number of piperidine rings is 1. The Labute approximate surface area is 143 Å². The van der Waals surface area contributed by atoms with Crippen molar-refractivity contribution < 1.29 is 14.2 Å². The number of nitrogens with zero attached hydrogens (tertiary/aromatic N) is 1. The van der Waals surface area contributed by atoms with E-state index in [0.29, 0.717) is 6.04 Å². The van der Waals surface area contributed by atoms with E-state index in [1.54, 1.807) is 14.2 Å². The molecule has 0 amide bonds. The highest BCUT2D eigenvalue weighted by Gasteiger charge is 2.40. The summed E-state index contributed by atoms with van der Waals surface area (Å²) in [5.41, 5.74) is 0.763. The maximum atomic E-state index is 6.23. The summed E-state index contributed by atoms with van der Waals surface area (Å²) in [6.07, 6.45) is 4.19. The third-order valence-corrected chi connectivity index (χ3v) is 5.59. The van der Waals surface area contributed by atoms with Crippen molar-refractivity contribution in [3.63, 3.8) is 0 Å². The Kier molecular flexibility index (Phi) is 5.47. The molecule has 0 atom stereocenters. The fourth-order valence-corrected chi connectivity index (χ4v) is 4.09. The second-order valence-electron chi connectivity index (χ2n) is 6.42. The summed E-state index contributed by atoms with van der Waals surface area (Å²) >= 11 is 6.23. The van der Waals surface area contributed by atoms with Gasteiger partial charge in [-0.2, -0.15) is 0 Å². The molecule has 0 aromatic heterocycles. The van der Waals surface area contributed by atoms with Crippen LogP contribution in [0.15, 0.2) is 18.2 Å². The molecule has 128 valence electrons. The van der Waals surface area contributed by atoms with E-state index in [1.807, 2.05) is 18.2 Å². The van der Waals surface area contributed by atoms with Crippen molar-refractivity contribution in [3.8, 4) is 5.75 Å². The van der Waals surface area contributed by atoms with E-state index in [2.05, 4.69) is 4.90 Å². The van der Waals surface area contributed by atoms with Gasteiger partial charge in [-0.3, -0.25) is 4.90 Å². The van der Waals surface area contributed by atoms with Crippen molar-refractivity contribution in [2.45, 2.75) is 37.3 Å². The van der Waals surface area contributed by atoms with Gasteiger partial charge < -0.3 is 14.2 Å². The summed E-state index contributed by atoms with van der Waals surface area (Å²) in [6, 6.07) is 6.45. The molecule has 2 saturated heterocycles. The molecule has 1 aromatic carbocycles. The predicted molar refractivity (Wildman–Crippen MR) is 91.3 cm³/mol. The summed E-state index contributed by atoms with van der Waals surface area (Å²) < 4.78 is 17.0. The van der Waals surface area contributed by atoms with Crippen molar-refractivity contribution in [1.82, 2.24) is 4.90 Å². The third-order valence-electron chi connectivity index (χ3n) is 5.36. The topological polar surface area (TPSA) is 30.9 Å². The van der Waals surface area contributed by atoms with Gasteiger partial charge in [0.15, 0.2) is 0 Å². The van der Waals surface area contributed by atoms with Crippen LogP contribution in [0.4, 0.5) is 0 Å². The lowest BCUT2D eigenvalue weighted by Crippen LogP contribution is -2.49. The lowest BCUT2D eigenvalue weighted by molar-refractivity contribution is -0.0783. The maximum absolute atomic E-state index is 6.23. The van der Waals surface area contributed by atoms with Crippen molar-refractivity contribution in [3.05, 3.63) is 28.8 Å². The zero-order valence-electron chi connectivity index (χ0n) is 14.0. The maximum Gasteiger partial charge on any atom is 0.125 e. The summed E-state index contributed by atoms with van der Waals surface area (Å²) in [5, 5.41) is 0.726. The molecule has 2 aliphatic rings. The summed E-state index contributed by atoms with van der Waals surface area (Å²) in [7, 11) is 3.50. The van der Waals surface area contributed by atoms with Crippen LogP contribution >= 0.6 is 11.6 Å². The highest BCUT2D eigenvalue weighted by molar-refractivity contribution is 6.30. The molecule has 0 N–H and O–H groups in total. The van der Waals surface area contributed by atoms with Gasteiger partial charge in [-0.1, -0.05) is 11.6 Å². The molecule has 0 bridgehead atoms. The lowest BCUT2D eigenvalue weighted by atomic mass is 9.82.